The number of hydrogen-bond acceptors (Lipinski definition) is 3. The van der Waals surface area contributed by atoms with E-state index in [1.54, 1.807) is 7.11 Å². The predicted molar refractivity (Wildman–Crippen MR) is 52.9 cm³/mol. The third kappa shape index (κ3) is 2.42. The summed E-state index contributed by atoms with van der Waals surface area (Å²) >= 11 is 0. The summed E-state index contributed by atoms with van der Waals surface area (Å²) in [6.45, 7) is 10.3. The van der Waals surface area contributed by atoms with Crippen molar-refractivity contribution in [2.24, 2.45) is 5.41 Å². The SMILES string of the molecule is CC.COCCN1CC2(COC2)C1. The molecule has 3 heteroatoms. The van der Waals surface area contributed by atoms with E-state index in [0.717, 1.165) is 26.4 Å². The Kier molecular flexibility index (Phi) is 4.16. The van der Waals surface area contributed by atoms with Gasteiger partial charge in [-0.3, -0.25) is 4.90 Å². The van der Waals surface area contributed by atoms with E-state index < -0.39 is 0 Å². The molecule has 0 saturated carbocycles. The fraction of sp³-hybridized carbons (Fsp3) is 1.00. The normalized spacial score (nSPS) is 24.2. The maximum Gasteiger partial charge on any atom is 0.0589 e. The van der Waals surface area contributed by atoms with Gasteiger partial charge in [0, 0.05) is 32.2 Å². The molecule has 0 N–H and O–H groups in total. The third-order valence-electron chi connectivity index (χ3n) is 2.55. The molecule has 2 saturated heterocycles. The van der Waals surface area contributed by atoms with Crippen molar-refractivity contribution >= 4 is 0 Å². The van der Waals surface area contributed by atoms with E-state index in [9.17, 15) is 0 Å². The number of ether oxygens (including phenoxy) is 2. The quantitative estimate of drug-likeness (QED) is 0.657. The lowest BCUT2D eigenvalue weighted by atomic mass is 9.78. The van der Waals surface area contributed by atoms with Crippen LogP contribution in [0.2, 0.25) is 0 Å². The zero-order valence-corrected chi connectivity index (χ0v) is 9.01. The molecule has 0 unspecified atom stereocenters. The molecule has 0 radical (unpaired) electrons. The van der Waals surface area contributed by atoms with Crippen LogP contribution in [0.4, 0.5) is 0 Å². The first-order valence-corrected chi connectivity index (χ1v) is 5.14. The van der Waals surface area contributed by atoms with Crippen LogP contribution in [-0.4, -0.2) is 51.5 Å². The summed E-state index contributed by atoms with van der Waals surface area (Å²) in [7, 11) is 1.75. The second-order valence-corrected chi connectivity index (χ2v) is 3.70. The largest absolute Gasteiger partial charge is 0.383 e. The predicted octanol–water partition coefficient (Wildman–Crippen LogP) is 0.991. The van der Waals surface area contributed by atoms with E-state index >= 15 is 0 Å². The molecule has 2 aliphatic heterocycles. The van der Waals surface area contributed by atoms with Crippen LogP contribution < -0.4 is 0 Å². The Hall–Kier alpha value is -0.120. The first-order valence-electron chi connectivity index (χ1n) is 5.14. The Morgan fingerprint density at radius 3 is 2.31 bits per heavy atom. The Morgan fingerprint density at radius 2 is 1.92 bits per heavy atom. The topological polar surface area (TPSA) is 21.7 Å². The molecule has 0 atom stereocenters. The van der Waals surface area contributed by atoms with Crippen molar-refractivity contribution in [1.82, 2.24) is 4.90 Å². The molecule has 0 bridgehead atoms. The van der Waals surface area contributed by atoms with Crippen molar-refractivity contribution in [2.45, 2.75) is 13.8 Å². The number of hydrogen-bond donors (Lipinski definition) is 0. The summed E-state index contributed by atoms with van der Waals surface area (Å²) in [6.07, 6.45) is 0. The fourth-order valence-corrected chi connectivity index (χ4v) is 1.85. The third-order valence-corrected chi connectivity index (χ3v) is 2.55. The van der Waals surface area contributed by atoms with Gasteiger partial charge in [0.25, 0.3) is 0 Å². The Morgan fingerprint density at radius 1 is 1.31 bits per heavy atom. The van der Waals surface area contributed by atoms with Gasteiger partial charge in [-0.25, -0.2) is 0 Å². The standard InChI is InChI=1S/C8H15NO2.C2H6/c1-10-3-2-9-4-8(5-9)6-11-7-8;1-2/h2-7H2,1H3;1-2H3. The fourth-order valence-electron chi connectivity index (χ4n) is 1.85. The van der Waals surface area contributed by atoms with E-state index in [0.29, 0.717) is 5.41 Å². The molecule has 78 valence electrons. The molecule has 2 rings (SSSR count). The highest BCUT2D eigenvalue weighted by molar-refractivity contribution is 4.99. The van der Waals surface area contributed by atoms with Crippen LogP contribution in [0.25, 0.3) is 0 Å². The monoisotopic (exact) mass is 187 g/mol. The maximum absolute atomic E-state index is 5.17. The second-order valence-electron chi connectivity index (χ2n) is 3.70. The van der Waals surface area contributed by atoms with E-state index in [2.05, 4.69) is 4.90 Å². The van der Waals surface area contributed by atoms with Gasteiger partial charge in [-0.05, 0) is 0 Å². The van der Waals surface area contributed by atoms with Crippen LogP contribution >= 0.6 is 0 Å². The molecule has 0 amide bonds. The van der Waals surface area contributed by atoms with Gasteiger partial charge >= 0.3 is 0 Å². The minimum atomic E-state index is 0.563. The van der Waals surface area contributed by atoms with E-state index in [1.165, 1.54) is 13.1 Å². The molecular formula is C10H21NO2. The van der Waals surface area contributed by atoms with Crippen LogP contribution in [0.5, 0.6) is 0 Å². The van der Waals surface area contributed by atoms with Crippen LogP contribution in [0.15, 0.2) is 0 Å². The summed E-state index contributed by atoms with van der Waals surface area (Å²) < 4.78 is 10.2. The van der Waals surface area contributed by atoms with Gasteiger partial charge < -0.3 is 9.47 Å². The zero-order chi connectivity index (χ0) is 9.73. The molecule has 3 nitrogen and oxygen atoms in total. The molecule has 2 heterocycles. The highest BCUT2D eigenvalue weighted by atomic mass is 16.5. The number of likely N-dealkylation sites (tertiary alicyclic amines) is 1. The molecule has 2 fully saturated rings. The smallest absolute Gasteiger partial charge is 0.0589 e. The van der Waals surface area contributed by atoms with Crippen LogP contribution in [0, 0.1) is 5.41 Å². The number of rotatable bonds is 3. The van der Waals surface area contributed by atoms with Gasteiger partial charge in [0.1, 0.15) is 0 Å². The molecule has 0 aliphatic carbocycles. The lowest BCUT2D eigenvalue weighted by Crippen LogP contribution is -2.66. The summed E-state index contributed by atoms with van der Waals surface area (Å²) in [5.41, 5.74) is 0.563. The van der Waals surface area contributed by atoms with Crippen molar-refractivity contribution in [2.75, 3.05) is 46.6 Å². The minimum Gasteiger partial charge on any atom is -0.383 e. The molecule has 0 aromatic heterocycles. The highest BCUT2D eigenvalue weighted by Gasteiger charge is 2.48. The van der Waals surface area contributed by atoms with Gasteiger partial charge in [-0.2, -0.15) is 0 Å². The van der Waals surface area contributed by atoms with Crippen molar-refractivity contribution in [1.29, 1.82) is 0 Å². The van der Waals surface area contributed by atoms with E-state index in [4.69, 9.17) is 9.47 Å². The van der Waals surface area contributed by atoms with Gasteiger partial charge in [-0.15, -0.1) is 0 Å². The maximum atomic E-state index is 5.17. The number of nitrogens with zero attached hydrogens (tertiary/aromatic N) is 1. The molecular weight excluding hydrogens is 166 g/mol. The summed E-state index contributed by atoms with van der Waals surface area (Å²) in [5, 5.41) is 0. The van der Waals surface area contributed by atoms with Gasteiger partial charge in [0.15, 0.2) is 0 Å². The number of methoxy groups -OCH3 is 1. The van der Waals surface area contributed by atoms with Crippen molar-refractivity contribution in [3.05, 3.63) is 0 Å². The summed E-state index contributed by atoms with van der Waals surface area (Å²) in [5.74, 6) is 0. The minimum absolute atomic E-state index is 0.563. The van der Waals surface area contributed by atoms with Crippen LogP contribution in [-0.2, 0) is 9.47 Å². The van der Waals surface area contributed by atoms with Crippen LogP contribution in [0.3, 0.4) is 0 Å². The Bertz CT molecular complexity index is 138. The van der Waals surface area contributed by atoms with Gasteiger partial charge in [-0.1, -0.05) is 13.8 Å². The summed E-state index contributed by atoms with van der Waals surface area (Å²) in [4.78, 5) is 2.42. The first-order chi connectivity index (χ1) is 6.35. The first kappa shape index (κ1) is 11.0. The van der Waals surface area contributed by atoms with Crippen molar-refractivity contribution in [3.8, 4) is 0 Å². The molecule has 0 aromatic carbocycles. The van der Waals surface area contributed by atoms with Gasteiger partial charge in [0.05, 0.1) is 19.8 Å². The molecule has 2 aliphatic rings. The Labute approximate surface area is 81.0 Å². The zero-order valence-electron chi connectivity index (χ0n) is 9.01. The molecule has 1 spiro atoms. The lowest BCUT2D eigenvalue weighted by molar-refractivity contribution is -0.190. The van der Waals surface area contributed by atoms with Crippen LogP contribution in [0.1, 0.15) is 13.8 Å². The van der Waals surface area contributed by atoms with E-state index in [-0.39, 0.29) is 0 Å². The van der Waals surface area contributed by atoms with Crippen molar-refractivity contribution < 1.29 is 9.47 Å². The van der Waals surface area contributed by atoms with Crippen molar-refractivity contribution in [3.63, 3.8) is 0 Å². The Balaban J connectivity index is 0.000000396. The van der Waals surface area contributed by atoms with Gasteiger partial charge in [0.2, 0.25) is 0 Å². The molecule has 13 heavy (non-hydrogen) atoms. The highest BCUT2D eigenvalue weighted by Crippen LogP contribution is 2.36. The average molecular weight is 187 g/mol. The average Bonchev–Trinajstić information content (AvgIpc) is 2.03. The molecule has 0 aromatic rings. The summed E-state index contributed by atoms with van der Waals surface area (Å²) in [6, 6.07) is 0. The van der Waals surface area contributed by atoms with E-state index in [1.807, 2.05) is 13.8 Å². The second kappa shape index (κ2) is 4.94. The lowest BCUT2D eigenvalue weighted by Gasteiger charge is -2.55.